The molecule has 1 aliphatic heterocycles. The Labute approximate surface area is 121 Å². The molecule has 0 unspecified atom stereocenters. The van der Waals surface area contributed by atoms with Crippen molar-refractivity contribution in [1.29, 1.82) is 0 Å². The molecule has 0 aromatic carbocycles. The minimum Gasteiger partial charge on any atom is -0.381 e. The minimum absolute atomic E-state index is 0.374. The number of nitrogens with one attached hydrogen (secondary N) is 1. The van der Waals surface area contributed by atoms with Gasteiger partial charge in [0.15, 0.2) is 5.82 Å². The lowest BCUT2D eigenvalue weighted by molar-refractivity contribution is -0.118. The summed E-state index contributed by atoms with van der Waals surface area (Å²) in [6.45, 7) is 8.99. The molecule has 0 atom stereocenters. The summed E-state index contributed by atoms with van der Waals surface area (Å²) in [6.07, 6.45) is 1.65. The zero-order valence-electron chi connectivity index (χ0n) is 13.0. The molecule has 0 radical (unpaired) electrons. The second-order valence-corrected chi connectivity index (χ2v) is 5.27. The van der Waals surface area contributed by atoms with E-state index in [1.807, 2.05) is 27.8 Å². The molecular formula is C15H25N3O2. The van der Waals surface area contributed by atoms with Crippen LogP contribution in [0.15, 0.2) is 0 Å². The predicted octanol–water partition coefficient (Wildman–Crippen LogP) is 1.86. The van der Waals surface area contributed by atoms with E-state index in [2.05, 4.69) is 5.32 Å². The van der Waals surface area contributed by atoms with Crippen LogP contribution in [0, 0.1) is 13.8 Å². The molecule has 0 spiro atoms. The van der Waals surface area contributed by atoms with E-state index in [9.17, 15) is 0 Å². The molecule has 0 saturated carbocycles. The highest BCUT2D eigenvalue weighted by atomic mass is 16.5. The van der Waals surface area contributed by atoms with Gasteiger partial charge < -0.3 is 14.8 Å². The maximum atomic E-state index is 6.05. The lowest BCUT2D eigenvalue weighted by Crippen LogP contribution is -2.39. The maximum absolute atomic E-state index is 6.05. The second-order valence-electron chi connectivity index (χ2n) is 5.27. The maximum Gasteiger partial charge on any atom is 0.160 e. The van der Waals surface area contributed by atoms with Crippen LogP contribution in [-0.2, 0) is 21.6 Å². The summed E-state index contributed by atoms with van der Waals surface area (Å²) in [7, 11) is 1.94. The summed E-state index contributed by atoms with van der Waals surface area (Å²) in [6, 6.07) is 0. The van der Waals surface area contributed by atoms with Crippen LogP contribution in [-0.4, -0.2) is 36.8 Å². The molecule has 1 saturated heterocycles. The molecule has 112 valence electrons. The third-order valence-corrected chi connectivity index (χ3v) is 3.90. The van der Waals surface area contributed by atoms with E-state index in [0.29, 0.717) is 19.8 Å². The van der Waals surface area contributed by atoms with Crippen LogP contribution in [0.1, 0.15) is 42.5 Å². The third kappa shape index (κ3) is 3.00. The van der Waals surface area contributed by atoms with Gasteiger partial charge in [-0.05, 0) is 27.8 Å². The van der Waals surface area contributed by atoms with Gasteiger partial charge in [0.1, 0.15) is 5.60 Å². The molecule has 5 heteroatoms. The van der Waals surface area contributed by atoms with Crippen molar-refractivity contribution >= 4 is 0 Å². The standard InChI is InChI=1S/C15H25N3O2/c1-5-20-15(6-8-19-9-7-15)14-17-11(2)13(10-16-4)12(3)18-14/h16H,5-10H2,1-4H3. The number of ether oxygens (including phenoxy) is 2. The summed E-state index contributed by atoms with van der Waals surface area (Å²) < 4.78 is 11.5. The largest absolute Gasteiger partial charge is 0.381 e. The fourth-order valence-corrected chi connectivity index (χ4v) is 2.79. The lowest BCUT2D eigenvalue weighted by Gasteiger charge is -2.35. The van der Waals surface area contributed by atoms with Gasteiger partial charge in [-0.3, -0.25) is 0 Å². The topological polar surface area (TPSA) is 56.3 Å². The van der Waals surface area contributed by atoms with Gasteiger partial charge in [0.2, 0.25) is 0 Å². The molecule has 0 amide bonds. The van der Waals surface area contributed by atoms with Crippen molar-refractivity contribution in [3.05, 3.63) is 22.8 Å². The summed E-state index contributed by atoms with van der Waals surface area (Å²) in [5.74, 6) is 0.817. The average molecular weight is 279 g/mol. The van der Waals surface area contributed by atoms with Crippen LogP contribution in [0.5, 0.6) is 0 Å². The quantitative estimate of drug-likeness (QED) is 0.891. The third-order valence-electron chi connectivity index (χ3n) is 3.90. The highest BCUT2D eigenvalue weighted by Gasteiger charge is 2.38. The van der Waals surface area contributed by atoms with Crippen LogP contribution >= 0.6 is 0 Å². The number of rotatable bonds is 5. The number of aromatic nitrogens is 2. The molecule has 1 aliphatic rings. The summed E-state index contributed by atoms with van der Waals surface area (Å²) in [5, 5.41) is 3.17. The van der Waals surface area contributed by atoms with Crippen molar-refractivity contribution in [3.63, 3.8) is 0 Å². The Morgan fingerprint density at radius 2 is 1.80 bits per heavy atom. The number of hydrogen-bond acceptors (Lipinski definition) is 5. The summed E-state index contributed by atoms with van der Waals surface area (Å²) in [4.78, 5) is 9.47. The van der Waals surface area contributed by atoms with Crippen molar-refractivity contribution in [2.45, 2.75) is 45.8 Å². The van der Waals surface area contributed by atoms with Crippen molar-refractivity contribution in [1.82, 2.24) is 15.3 Å². The first-order chi connectivity index (χ1) is 9.63. The van der Waals surface area contributed by atoms with Crippen LogP contribution < -0.4 is 5.32 Å². The molecule has 20 heavy (non-hydrogen) atoms. The Balaban J connectivity index is 2.39. The second kappa shape index (κ2) is 6.61. The predicted molar refractivity (Wildman–Crippen MR) is 77.6 cm³/mol. The normalized spacial score (nSPS) is 18.2. The van der Waals surface area contributed by atoms with Crippen LogP contribution in [0.25, 0.3) is 0 Å². The van der Waals surface area contributed by atoms with E-state index in [0.717, 1.165) is 36.6 Å². The molecule has 2 rings (SSSR count). The molecule has 1 aromatic heterocycles. The van der Waals surface area contributed by atoms with E-state index >= 15 is 0 Å². The monoisotopic (exact) mass is 279 g/mol. The minimum atomic E-state index is -0.374. The zero-order valence-corrected chi connectivity index (χ0v) is 13.0. The first kappa shape index (κ1) is 15.4. The Bertz CT molecular complexity index is 428. The molecule has 5 nitrogen and oxygen atoms in total. The fraction of sp³-hybridized carbons (Fsp3) is 0.733. The Morgan fingerprint density at radius 3 is 2.30 bits per heavy atom. The molecule has 1 aromatic rings. The fourth-order valence-electron chi connectivity index (χ4n) is 2.79. The van der Waals surface area contributed by atoms with Gasteiger partial charge in [0.05, 0.1) is 0 Å². The molecule has 0 aliphatic carbocycles. The van der Waals surface area contributed by atoms with E-state index in [1.54, 1.807) is 0 Å². The average Bonchev–Trinajstić information content (AvgIpc) is 2.44. The molecule has 2 heterocycles. The molecule has 0 bridgehead atoms. The van der Waals surface area contributed by atoms with Gasteiger partial charge >= 0.3 is 0 Å². The lowest BCUT2D eigenvalue weighted by atomic mass is 9.92. The van der Waals surface area contributed by atoms with E-state index in [-0.39, 0.29) is 5.60 Å². The highest BCUT2D eigenvalue weighted by molar-refractivity contribution is 5.26. The van der Waals surface area contributed by atoms with Gasteiger partial charge in [-0.1, -0.05) is 0 Å². The summed E-state index contributed by atoms with van der Waals surface area (Å²) in [5.41, 5.74) is 2.87. The van der Waals surface area contributed by atoms with E-state index < -0.39 is 0 Å². The van der Waals surface area contributed by atoms with Crippen molar-refractivity contribution in [2.24, 2.45) is 0 Å². The summed E-state index contributed by atoms with van der Waals surface area (Å²) >= 11 is 0. The van der Waals surface area contributed by atoms with Gasteiger partial charge in [-0.25, -0.2) is 9.97 Å². The molecule has 1 N–H and O–H groups in total. The zero-order chi connectivity index (χ0) is 14.6. The molecular weight excluding hydrogens is 254 g/mol. The Kier molecular flexibility index (Phi) is 5.07. The number of aryl methyl sites for hydroxylation is 2. The van der Waals surface area contributed by atoms with Crippen molar-refractivity contribution < 1.29 is 9.47 Å². The Morgan fingerprint density at radius 1 is 1.20 bits per heavy atom. The van der Waals surface area contributed by atoms with Crippen molar-refractivity contribution in [2.75, 3.05) is 26.9 Å². The van der Waals surface area contributed by atoms with Crippen molar-refractivity contribution in [3.8, 4) is 0 Å². The van der Waals surface area contributed by atoms with Crippen LogP contribution in [0.4, 0.5) is 0 Å². The highest BCUT2D eigenvalue weighted by Crippen LogP contribution is 2.34. The Hall–Kier alpha value is -1.04. The smallest absolute Gasteiger partial charge is 0.160 e. The first-order valence-electron chi connectivity index (χ1n) is 7.34. The SMILES string of the molecule is CCOC1(c2nc(C)c(CNC)c(C)n2)CCOCC1. The van der Waals surface area contributed by atoms with E-state index in [1.165, 1.54) is 5.56 Å². The van der Waals surface area contributed by atoms with Gasteiger partial charge in [0.25, 0.3) is 0 Å². The number of nitrogens with zero attached hydrogens (tertiary/aromatic N) is 2. The number of hydrogen-bond donors (Lipinski definition) is 1. The van der Waals surface area contributed by atoms with Crippen LogP contribution in [0.3, 0.4) is 0 Å². The van der Waals surface area contributed by atoms with E-state index in [4.69, 9.17) is 19.4 Å². The van der Waals surface area contributed by atoms with Gasteiger partial charge in [0, 0.05) is 56.2 Å². The first-order valence-corrected chi connectivity index (χ1v) is 7.34. The van der Waals surface area contributed by atoms with Crippen LogP contribution in [0.2, 0.25) is 0 Å². The van der Waals surface area contributed by atoms with Gasteiger partial charge in [-0.15, -0.1) is 0 Å². The van der Waals surface area contributed by atoms with Gasteiger partial charge in [-0.2, -0.15) is 0 Å². The molecule has 1 fully saturated rings.